The second-order valence-electron chi connectivity index (χ2n) is 3.24. The molecule has 0 amide bonds. The maximum atomic E-state index is 5.99. The van der Waals surface area contributed by atoms with Gasteiger partial charge >= 0.3 is 0 Å². The SMILES string of the molecule is Cc1c(N)c(C)c(CS)c(C)c1I. The third kappa shape index (κ3) is 1.81. The normalized spacial score (nSPS) is 10.5. The fourth-order valence-corrected chi connectivity index (χ4v) is 2.58. The lowest BCUT2D eigenvalue weighted by Crippen LogP contribution is -2.03. The third-order valence-electron chi connectivity index (χ3n) is 2.53. The van der Waals surface area contributed by atoms with E-state index < -0.39 is 0 Å². The molecule has 0 bridgehead atoms. The van der Waals surface area contributed by atoms with Crippen molar-refractivity contribution in [3.63, 3.8) is 0 Å². The molecule has 0 aliphatic carbocycles. The van der Waals surface area contributed by atoms with Crippen molar-refractivity contribution in [2.75, 3.05) is 5.73 Å². The summed E-state index contributed by atoms with van der Waals surface area (Å²) < 4.78 is 1.27. The van der Waals surface area contributed by atoms with E-state index in [2.05, 4.69) is 56.0 Å². The highest BCUT2D eigenvalue weighted by Gasteiger charge is 2.11. The number of benzene rings is 1. The van der Waals surface area contributed by atoms with Crippen molar-refractivity contribution in [2.45, 2.75) is 26.5 Å². The predicted octanol–water partition coefficient (Wildman–Crippen LogP) is 3.23. The molecule has 0 aliphatic rings. The summed E-state index contributed by atoms with van der Waals surface area (Å²) in [5, 5.41) is 0. The summed E-state index contributed by atoms with van der Waals surface area (Å²) in [6, 6.07) is 0. The van der Waals surface area contributed by atoms with Gasteiger partial charge in [0.2, 0.25) is 0 Å². The lowest BCUT2D eigenvalue weighted by molar-refractivity contribution is 1.20. The van der Waals surface area contributed by atoms with Gasteiger partial charge in [0.25, 0.3) is 0 Å². The van der Waals surface area contributed by atoms with Crippen LogP contribution in [0.5, 0.6) is 0 Å². The zero-order valence-electron chi connectivity index (χ0n) is 8.11. The van der Waals surface area contributed by atoms with E-state index in [1.165, 1.54) is 25.8 Å². The van der Waals surface area contributed by atoms with Gasteiger partial charge in [0.15, 0.2) is 0 Å². The van der Waals surface area contributed by atoms with Crippen LogP contribution in [0.25, 0.3) is 0 Å². The molecule has 1 rings (SSSR count). The minimum atomic E-state index is 0.762. The first kappa shape index (κ1) is 11.2. The van der Waals surface area contributed by atoms with Crippen molar-refractivity contribution in [2.24, 2.45) is 0 Å². The molecule has 0 heterocycles. The molecule has 3 heteroatoms. The summed E-state index contributed by atoms with van der Waals surface area (Å²) in [7, 11) is 0. The van der Waals surface area contributed by atoms with Gasteiger partial charge in [-0.25, -0.2) is 0 Å². The molecule has 72 valence electrons. The molecule has 0 aromatic heterocycles. The first-order chi connectivity index (χ1) is 6.00. The number of rotatable bonds is 1. The Kier molecular flexibility index (Phi) is 3.51. The molecule has 0 saturated heterocycles. The van der Waals surface area contributed by atoms with E-state index in [0.29, 0.717) is 0 Å². The second kappa shape index (κ2) is 4.09. The van der Waals surface area contributed by atoms with Crippen LogP contribution in [0.15, 0.2) is 0 Å². The zero-order valence-corrected chi connectivity index (χ0v) is 11.2. The number of anilines is 1. The van der Waals surface area contributed by atoms with E-state index in [4.69, 9.17) is 5.73 Å². The van der Waals surface area contributed by atoms with Crippen LogP contribution in [0.4, 0.5) is 5.69 Å². The molecule has 0 saturated carbocycles. The lowest BCUT2D eigenvalue weighted by Gasteiger charge is -2.15. The summed E-state index contributed by atoms with van der Waals surface area (Å²) in [4.78, 5) is 0. The van der Waals surface area contributed by atoms with E-state index in [1.54, 1.807) is 0 Å². The summed E-state index contributed by atoms with van der Waals surface area (Å²) in [5.41, 5.74) is 11.9. The summed E-state index contributed by atoms with van der Waals surface area (Å²) in [5.74, 6) is 0.762. The fraction of sp³-hybridized carbons (Fsp3) is 0.400. The van der Waals surface area contributed by atoms with Crippen molar-refractivity contribution in [3.05, 3.63) is 25.8 Å². The van der Waals surface area contributed by atoms with Crippen molar-refractivity contribution >= 4 is 40.9 Å². The predicted molar refractivity (Wildman–Crippen MR) is 70.5 cm³/mol. The van der Waals surface area contributed by atoms with Crippen molar-refractivity contribution in [3.8, 4) is 0 Å². The molecule has 0 spiro atoms. The molecule has 0 aliphatic heterocycles. The summed E-state index contributed by atoms with van der Waals surface area (Å²) >= 11 is 6.67. The van der Waals surface area contributed by atoms with Crippen LogP contribution >= 0.6 is 35.2 Å². The van der Waals surface area contributed by atoms with Gasteiger partial charge in [-0.2, -0.15) is 12.6 Å². The Bertz CT molecular complexity index is 318. The van der Waals surface area contributed by atoms with E-state index >= 15 is 0 Å². The Balaban J connectivity index is 3.56. The van der Waals surface area contributed by atoms with Crippen molar-refractivity contribution in [1.82, 2.24) is 0 Å². The highest BCUT2D eigenvalue weighted by molar-refractivity contribution is 14.1. The Morgan fingerprint density at radius 2 is 1.69 bits per heavy atom. The molecular formula is C10H14INS. The van der Waals surface area contributed by atoms with Crippen LogP contribution in [0.1, 0.15) is 22.3 Å². The maximum Gasteiger partial charge on any atom is 0.0387 e. The molecule has 0 unspecified atom stereocenters. The Labute approximate surface area is 98.6 Å². The molecule has 1 nitrogen and oxygen atoms in total. The van der Waals surface area contributed by atoms with Gasteiger partial charge in [-0.05, 0) is 65.6 Å². The molecule has 1 aromatic carbocycles. The van der Waals surface area contributed by atoms with E-state index in [-0.39, 0.29) is 0 Å². The van der Waals surface area contributed by atoms with Crippen molar-refractivity contribution < 1.29 is 0 Å². The molecular weight excluding hydrogens is 293 g/mol. The van der Waals surface area contributed by atoms with Gasteiger partial charge in [-0.3, -0.25) is 0 Å². The molecule has 13 heavy (non-hydrogen) atoms. The maximum absolute atomic E-state index is 5.99. The lowest BCUT2D eigenvalue weighted by atomic mass is 9.99. The fourth-order valence-electron chi connectivity index (χ4n) is 1.49. The average molecular weight is 307 g/mol. The molecule has 0 fully saturated rings. The average Bonchev–Trinajstić information content (AvgIpc) is 2.13. The van der Waals surface area contributed by atoms with Crippen LogP contribution in [0, 0.1) is 24.3 Å². The standard InChI is InChI=1S/C10H14INS/c1-5-8(4-13)6(2)10(12)7(3)9(5)11/h13H,4,12H2,1-3H3. The van der Waals surface area contributed by atoms with Crippen LogP contribution in [0.2, 0.25) is 0 Å². The van der Waals surface area contributed by atoms with Crippen LogP contribution in [-0.2, 0) is 5.75 Å². The van der Waals surface area contributed by atoms with Crippen LogP contribution in [0.3, 0.4) is 0 Å². The van der Waals surface area contributed by atoms with E-state index in [9.17, 15) is 0 Å². The number of nitrogen functional groups attached to an aromatic ring is 1. The number of hydrogen-bond donors (Lipinski definition) is 2. The van der Waals surface area contributed by atoms with Crippen LogP contribution in [-0.4, -0.2) is 0 Å². The van der Waals surface area contributed by atoms with Crippen LogP contribution < -0.4 is 5.73 Å². The summed E-state index contributed by atoms with van der Waals surface area (Å²) in [6.07, 6.45) is 0. The quantitative estimate of drug-likeness (QED) is 0.465. The van der Waals surface area contributed by atoms with Crippen molar-refractivity contribution in [1.29, 1.82) is 0 Å². The zero-order chi connectivity index (χ0) is 10.2. The Morgan fingerprint density at radius 3 is 2.15 bits per heavy atom. The molecule has 1 aromatic rings. The van der Waals surface area contributed by atoms with Gasteiger partial charge in [0.1, 0.15) is 0 Å². The molecule has 0 atom stereocenters. The molecule has 0 radical (unpaired) electrons. The van der Waals surface area contributed by atoms with Gasteiger partial charge in [0, 0.05) is 15.0 Å². The topological polar surface area (TPSA) is 26.0 Å². The van der Waals surface area contributed by atoms with Gasteiger partial charge in [-0.15, -0.1) is 0 Å². The number of nitrogens with two attached hydrogens (primary N) is 1. The number of halogens is 1. The third-order valence-corrected chi connectivity index (χ3v) is 4.46. The smallest absolute Gasteiger partial charge is 0.0387 e. The summed E-state index contributed by atoms with van der Waals surface area (Å²) in [6.45, 7) is 6.27. The monoisotopic (exact) mass is 307 g/mol. The largest absolute Gasteiger partial charge is 0.398 e. The minimum Gasteiger partial charge on any atom is -0.398 e. The van der Waals surface area contributed by atoms with Gasteiger partial charge < -0.3 is 5.73 Å². The first-order valence-electron chi connectivity index (χ1n) is 4.15. The Morgan fingerprint density at radius 1 is 1.15 bits per heavy atom. The first-order valence-corrected chi connectivity index (χ1v) is 5.86. The second-order valence-corrected chi connectivity index (χ2v) is 4.63. The highest BCUT2D eigenvalue weighted by atomic mass is 127. The van der Waals surface area contributed by atoms with E-state index in [0.717, 1.165) is 11.4 Å². The minimum absolute atomic E-state index is 0.762. The molecule has 2 N–H and O–H groups in total. The number of thiol groups is 1. The number of hydrogen-bond acceptors (Lipinski definition) is 2. The van der Waals surface area contributed by atoms with E-state index in [1.807, 2.05) is 0 Å². The van der Waals surface area contributed by atoms with Gasteiger partial charge in [0.05, 0.1) is 0 Å². The highest BCUT2D eigenvalue weighted by Crippen LogP contribution is 2.30. The Hall–Kier alpha value is 0.1000. The van der Waals surface area contributed by atoms with Gasteiger partial charge in [-0.1, -0.05) is 0 Å².